The van der Waals surface area contributed by atoms with Gasteiger partial charge in [-0.3, -0.25) is 0 Å². The molecule has 4 nitrogen and oxygen atoms in total. The summed E-state index contributed by atoms with van der Waals surface area (Å²) in [4.78, 5) is 11.8. The van der Waals surface area contributed by atoms with Gasteiger partial charge in [-0.05, 0) is 37.0 Å². The number of carbonyl (C=O) groups excluding carboxylic acids is 1. The molecule has 0 aliphatic carbocycles. The SMILES string of the molecule is CCCC(C)COC(=O)c1ccc(C)c(S(=O)(=O)Cl)c1. The third kappa shape index (κ3) is 4.80. The topological polar surface area (TPSA) is 60.4 Å². The van der Waals surface area contributed by atoms with Crippen molar-refractivity contribution in [2.75, 3.05) is 6.61 Å². The molecule has 0 radical (unpaired) electrons. The average molecular weight is 319 g/mol. The van der Waals surface area contributed by atoms with Crippen molar-refractivity contribution >= 4 is 25.7 Å². The van der Waals surface area contributed by atoms with Crippen LogP contribution < -0.4 is 0 Å². The number of benzene rings is 1. The Hall–Kier alpha value is -1.07. The monoisotopic (exact) mass is 318 g/mol. The Bertz CT molecular complexity index is 581. The number of esters is 1. The number of hydrogen-bond donors (Lipinski definition) is 0. The minimum Gasteiger partial charge on any atom is -0.462 e. The second-order valence-electron chi connectivity index (χ2n) is 4.91. The molecule has 6 heteroatoms. The van der Waals surface area contributed by atoms with Crippen LogP contribution in [0.5, 0.6) is 0 Å². The van der Waals surface area contributed by atoms with Gasteiger partial charge in [0.25, 0.3) is 9.05 Å². The van der Waals surface area contributed by atoms with Gasteiger partial charge in [-0.1, -0.05) is 26.3 Å². The maximum absolute atomic E-state index is 11.9. The fourth-order valence-electron chi connectivity index (χ4n) is 1.87. The fourth-order valence-corrected chi connectivity index (χ4v) is 3.09. The van der Waals surface area contributed by atoms with Crippen molar-refractivity contribution < 1.29 is 17.9 Å². The van der Waals surface area contributed by atoms with Crippen molar-refractivity contribution in [2.24, 2.45) is 5.92 Å². The van der Waals surface area contributed by atoms with Crippen molar-refractivity contribution in [3.63, 3.8) is 0 Å². The predicted octanol–water partition coefficient (Wildman–Crippen LogP) is 3.52. The first-order chi connectivity index (χ1) is 9.25. The summed E-state index contributed by atoms with van der Waals surface area (Å²) in [7, 11) is 1.46. The molecule has 0 aromatic heterocycles. The highest BCUT2D eigenvalue weighted by molar-refractivity contribution is 8.13. The van der Waals surface area contributed by atoms with E-state index >= 15 is 0 Å². The molecule has 0 aliphatic rings. The van der Waals surface area contributed by atoms with E-state index in [0.717, 1.165) is 12.8 Å². The van der Waals surface area contributed by atoms with Crippen LogP contribution in [0.2, 0.25) is 0 Å². The maximum atomic E-state index is 11.9. The van der Waals surface area contributed by atoms with Crippen LogP contribution in [0.25, 0.3) is 0 Å². The van der Waals surface area contributed by atoms with Gasteiger partial charge >= 0.3 is 5.97 Å². The van der Waals surface area contributed by atoms with E-state index in [0.29, 0.717) is 12.2 Å². The van der Waals surface area contributed by atoms with Crippen LogP contribution in [0.1, 0.15) is 42.6 Å². The summed E-state index contributed by atoms with van der Waals surface area (Å²) in [5.41, 5.74) is 0.689. The van der Waals surface area contributed by atoms with Crippen molar-refractivity contribution in [3.8, 4) is 0 Å². The van der Waals surface area contributed by atoms with E-state index in [2.05, 4.69) is 6.92 Å². The van der Waals surface area contributed by atoms with E-state index in [4.69, 9.17) is 15.4 Å². The minimum absolute atomic E-state index is 0.0600. The summed E-state index contributed by atoms with van der Waals surface area (Å²) < 4.78 is 28.0. The van der Waals surface area contributed by atoms with Crippen LogP contribution in [0.4, 0.5) is 0 Å². The predicted molar refractivity (Wildman–Crippen MR) is 78.6 cm³/mol. The summed E-state index contributed by atoms with van der Waals surface area (Å²) >= 11 is 0. The second kappa shape index (κ2) is 7.09. The van der Waals surface area contributed by atoms with Gasteiger partial charge in [-0.25, -0.2) is 13.2 Å². The Balaban J connectivity index is 2.85. The van der Waals surface area contributed by atoms with Crippen LogP contribution in [-0.2, 0) is 13.8 Å². The van der Waals surface area contributed by atoms with Gasteiger partial charge in [-0.15, -0.1) is 0 Å². The molecule has 1 unspecified atom stereocenters. The molecule has 0 fully saturated rings. The molecule has 0 N–H and O–H groups in total. The molecule has 0 heterocycles. The Morgan fingerprint density at radius 1 is 1.40 bits per heavy atom. The number of aryl methyl sites for hydroxylation is 1. The Labute approximate surface area is 124 Å². The number of rotatable bonds is 6. The summed E-state index contributed by atoms with van der Waals surface area (Å²) in [6.45, 7) is 6.01. The van der Waals surface area contributed by atoms with Crippen molar-refractivity contribution in [2.45, 2.75) is 38.5 Å². The van der Waals surface area contributed by atoms with Crippen molar-refractivity contribution in [1.82, 2.24) is 0 Å². The number of carbonyl (C=O) groups is 1. The molecular formula is C14H19ClO4S. The van der Waals surface area contributed by atoms with E-state index < -0.39 is 15.0 Å². The highest BCUT2D eigenvalue weighted by Gasteiger charge is 2.17. The zero-order chi connectivity index (χ0) is 15.3. The van der Waals surface area contributed by atoms with Crippen molar-refractivity contribution in [1.29, 1.82) is 0 Å². The van der Waals surface area contributed by atoms with Gasteiger partial charge in [0.1, 0.15) is 0 Å². The summed E-state index contributed by atoms with van der Waals surface area (Å²) in [6, 6.07) is 4.33. The molecule has 1 aromatic carbocycles. The standard InChI is InChI=1S/C14H19ClO4S/c1-4-5-10(2)9-19-14(16)12-7-6-11(3)13(8-12)20(15,17)18/h6-8,10H,4-5,9H2,1-3H3. The second-order valence-corrected chi connectivity index (χ2v) is 7.44. The first-order valence-electron chi connectivity index (χ1n) is 6.48. The summed E-state index contributed by atoms with van der Waals surface area (Å²) in [6.07, 6.45) is 2.00. The molecular weight excluding hydrogens is 300 g/mol. The highest BCUT2D eigenvalue weighted by Crippen LogP contribution is 2.21. The molecule has 0 saturated carbocycles. The first kappa shape index (κ1) is 17.0. The lowest BCUT2D eigenvalue weighted by molar-refractivity contribution is 0.0443. The summed E-state index contributed by atoms with van der Waals surface area (Å²) in [5.74, 6) is -0.250. The van der Waals surface area contributed by atoms with Crippen LogP contribution in [0, 0.1) is 12.8 Å². The molecule has 112 valence electrons. The molecule has 1 atom stereocenters. The average Bonchev–Trinajstić information content (AvgIpc) is 2.35. The van der Waals surface area contributed by atoms with E-state index in [1.807, 2.05) is 6.92 Å². The number of ether oxygens (including phenoxy) is 1. The quantitative estimate of drug-likeness (QED) is 0.595. The Kier molecular flexibility index (Phi) is 6.02. The van der Waals surface area contributed by atoms with Gasteiger partial charge in [0.15, 0.2) is 0 Å². The molecule has 1 aromatic rings. The fraction of sp³-hybridized carbons (Fsp3) is 0.500. The third-order valence-electron chi connectivity index (χ3n) is 2.97. The molecule has 0 amide bonds. The smallest absolute Gasteiger partial charge is 0.338 e. The number of hydrogen-bond acceptors (Lipinski definition) is 4. The van der Waals surface area contributed by atoms with E-state index in [9.17, 15) is 13.2 Å². The third-order valence-corrected chi connectivity index (χ3v) is 4.43. The molecule has 1 rings (SSSR count). The van der Waals surface area contributed by atoms with Gasteiger partial charge < -0.3 is 4.74 Å². The van der Waals surface area contributed by atoms with E-state index in [1.54, 1.807) is 13.0 Å². The molecule has 0 saturated heterocycles. The van der Waals surface area contributed by atoms with Crippen LogP contribution in [0.15, 0.2) is 23.1 Å². The highest BCUT2D eigenvalue weighted by atomic mass is 35.7. The van der Waals surface area contributed by atoms with Gasteiger partial charge in [-0.2, -0.15) is 0 Å². The lowest BCUT2D eigenvalue weighted by atomic mass is 10.1. The minimum atomic E-state index is -3.86. The summed E-state index contributed by atoms with van der Waals surface area (Å²) in [5, 5.41) is 0. The van der Waals surface area contributed by atoms with Gasteiger partial charge in [0.2, 0.25) is 0 Å². The van der Waals surface area contributed by atoms with Crippen LogP contribution in [0.3, 0.4) is 0 Å². The molecule has 0 bridgehead atoms. The number of halogens is 1. The molecule has 20 heavy (non-hydrogen) atoms. The normalized spacial score (nSPS) is 13.0. The van der Waals surface area contributed by atoms with Crippen LogP contribution in [-0.4, -0.2) is 21.0 Å². The van der Waals surface area contributed by atoms with Crippen molar-refractivity contribution in [3.05, 3.63) is 29.3 Å². The molecule has 0 aliphatic heterocycles. The van der Waals surface area contributed by atoms with Gasteiger partial charge in [0.05, 0.1) is 17.1 Å². The lowest BCUT2D eigenvalue weighted by Crippen LogP contribution is -2.12. The largest absolute Gasteiger partial charge is 0.462 e. The lowest BCUT2D eigenvalue weighted by Gasteiger charge is -2.11. The maximum Gasteiger partial charge on any atom is 0.338 e. The Morgan fingerprint density at radius 2 is 2.05 bits per heavy atom. The zero-order valence-corrected chi connectivity index (χ0v) is 13.4. The van der Waals surface area contributed by atoms with Gasteiger partial charge in [0, 0.05) is 10.7 Å². The van der Waals surface area contributed by atoms with Crippen LogP contribution >= 0.6 is 10.7 Å². The van der Waals surface area contributed by atoms with E-state index in [-0.39, 0.29) is 16.4 Å². The Morgan fingerprint density at radius 3 is 2.60 bits per heavy atom. The first-order valence-corrected chi connectivity index (χ1v) is 8.79. The zero-order valence-electron chi connectivity index (χ0n) is 11.8. The molecule has 0 spiro atoms. The van der Waals surface area contributed by atoms with E-state index in [1.165, 1.54) is 12.1 Å².